The van der Waals surface area contributed by atoms with Crippen molar-refractivity contribution >= 4 is 0 Å². The largest absolute Gasteiger partial charge is 0.386 e. The van der Waals surface area contributed by atoms with Gasteiger partial charge in [0, 0.05) is 12.2 Å². The van der Waals surface area contributed by atoms with Crippen molar-refractivity contribution in [3.05, 3.63) is 23.0 Å². The van der Waals surface area contributed by atoms with E-state index in [0.29, 0.717) is 13.2 Å². The van der Waals surface area contributed by atoms with Crippen molar-refractivity contribution in [1.82, 2.24) is 10.2 Å². The van der Waals surface area contributed by atoms with Gasteiger partial charge in [0.1, 0.15) is 6.10 Å². The smallest absolute Gasteiger partial charge is 0.104 e. The first-order valence-electron chi connectivity index (χ1n) is 4.71. The standard InChI is InChI=1S/C10H16N2O2/c1-4-14-6-10(13)9-5-7(2)11-12-8(9)3/h5,10,13H,4,6H2,1-3H3. The molecule has 1 N–H and O–H groups in total. The predicted molar refractivity (Wildman–Crippen MR) is 53.0 cm³/mol. The summed E-state index contributed by atoms with van der Waals surface area (Å²) in [5.74, 6) is 0. The number of ether oxygens (including phenoxy) is 1. The summed E-state index contributed by atoms with van der Waals surface area (Å²) in [6, 6.07) is 1.84. The Morgan fingerprint density at radius 3 is 2.79 bits per heavy atom. The van der Waals surface area contributed by atoms with E-state index in [4.69, 9.17) is 4.74 Å². The number of rotatable bonds is 4. The Kier molecular flexibility index (Phi) is 3.98. The van der Waals surface area contributed by atoms with Gasteiger partial charge in [-0.3, -0.25) is 0 Å². The molecule has 0 aliphatic heterocycles. The SMILES string of the molecule is CCOCC(O)c1cc(C)nnc1C. The van der Waals surface area contributed by atoms with Gasteiger partial charge in [0.25, 0.3) is 0 Å². The molecule has 0 aliphatic carbocycles. The fraction of sp³-hybridized carbons (Fsp3) is 0.600. The minimum Gasteiger partial charge on any atom is -0.386 e. The lowest BCUT2D eigenvalue weighted by atomic mass is 10.1. The second-order valence-corrected chi connectivity index (χ2v) is 3.20. The van der Waals surface area contributed by atoms with Crippen molar-refractivity contribution in [2.45, 2.75) is 26.9 Å². The second-order valence-electron chi connectivity index (χ2n) is 3.20. The fourth-order valence-corrected chi connectivity index (χ4v) is 1.23. The Labute approximate surface area is 83.9 Å². The molecule has 0 amide bonds. The lowest BCUT2D eigenvalue weighted by molar-refractivity contribution is 0.0413. The highest BCUT2D eigenvalue weighted by molar-refractivity contribution is 5.22. The summed E-state index contributed by atoms with van der Waals surface area (Å²) in [4.78, 5) is 0. The first kappa shape index (κ1) is 11.1. The number of hydrogen-bond acceptors (Lipinski definition) is 4. The molecule has 0 saturated heterocycles. The summed E-state index contributed by atoms with van der Waals surface area (Å²) in [5.41, 5.74) is 2.36. The number of aliphatic hydroxyl groups excluding tert-OH is 1. The van der Waals surface area contributed by atoms with E-state index in [1.54, 1.807) is 0 Å². The van der Waals surface area contributed by atoms with Crippen molar-refractivity contribution in [3.63, 3.8) is 0 Å². The number of aliphatic hydroxyl groups is 1. The third-order valence-electron chi connectivity index (χ3n) is 1.98. The molecule has 1 heterocycles. The molecule has 1 atom stereocenters. The van der Waals surface area contributed by atoms with Crippen LogP contribution in [0, 0.1) is 13.8 Å². The van der Waals surface area contributed by atoms with Gasteiger partial charge in [-0.1, -0.05) is 0 Å². The van der Waals surface area contributed by atoms with E-state index in [-0.39, 0.29) is 0 Å². The molecular formula is C10H16N2O2. The Bertz CT molecular complexity index is 302. The van der Waals surface area contributed by atoms with Crippen LogP contribution < -0.4 is 0 Å². The summed E-state index contributed by atoms with van der Waals surface area (Å²) in [6.45, 7) is 6.49. The highest BCUT2D eigenvalue weighted by Gasteiger charge is 2.11. The molecule has 1 aromatic heterocycles. The van der Waals surface area contributed by atoms with Gasteiger partial charge in [-0.2, -0.15) is 10.2 Å². The molecule has 0 radical (unpaired) electrons. The van der Waals surface area contributed by atoms with Gasteiger partial charge in [-0.15, -0.1) is 0 Å². The zero-order valence-electron chi connectivity index (χ0n) is 8.82. The third kappa shape index (κ3) is 2.75. The van der Waals surface area contributed by atoms with Gasteiger partial charge in [0.2, 0.25) is 0 Å². The van der Waals surface area contributed by atoms with Crippen LogP contribution in [0.5, 0.6) is 0 Å². The summed E-state index contributed by atoms with van der Waals surface area (Å²) in [6.07, 6.45) is -0.607. The number of nitrogens with zero attached hydrogens (tertiary/aromatic N) is 2. The highest BCUT2D eigenvalue weighted by atomic mass is 16.5. The predicted octanol–water partition coefficient (Wildman–Crippen LogP) is 1.16. The van der Waals surface area contributed by atoms with E-state index in [9.17, 15) is 5.11 Å². The monoisotopic (exact) mass is 196 g/mol. The van der Waals surface area contributed by atoms with E-state index in [1.165, 1.54) is 0 Å². The normalized spacial score (nSPS) is 12.9. The summed E-state index contributed by atoms with van der Waals surface area (Å²) >= 11 is 0. The number of hydrogen-bond donors (Lipinski definition) is 1. The average Bonchev–Trinajstić information content (AvgIpc) is 2.18. The highest BCUT2D eigenvalue weighted by Crippen LogP contribution is 2.16. The molecule has 1 rings (SSSR count). The van der Waals surface area contributed by atoms with Crippen LogP contribution in [0.4, 0.5) is 0 Å². The Morgan fingerprint density at radius 2 is 2.14 bits per heavy atom. The lowest BCUT2D eigenvalue weighted by Crippen LogP contribution is -2.10. The molecule has 0 fully saturated rings. The zero-order valence-corrected chi connectivity index (χ0v) is 8.82. The first-order valence-corrected chi connectivity index (χ1v) is 4.71. The lowest BCUT2D eigenvalue weighted by Gasteiger charge is -2.12. The molecule has 1 aromatic rings. The van der Waals surface area contributed by atoms with Gasteiger partial charge in [-0.25, -0.2) is 0 Å². The summed E-state index contributed by atoms with van der Waals surface area (Å²) < 4.78 is 5.15. The molecule has 4 heteroatoms. The van der Waals surface area contributed by atoms with Gasteiger partial charge < -0.3 is 9.84 Å². The molecule has 14 heavy (non-hydrogen) atoms. The van der Waals surface area contributed by atoms with Gasteiger partial charge >= 0.3 is 0 Å². The van der Waals surface area contributed by atoms with Crippen LogP contribution >= 0.6 is 0 Å². The molecule has 0 aromatic carbocycles. The fourth-order valence-electron chi connectivity index (χ4n) is 1.23. The third-order valence-corrected chi connectivity index (χ3v) is 1.98. The van der Waals surface area contributed by atoms with E-state index in [0.717, 1.165) is 17.0 Å². The maximum atomic E-state index is 9.76. The molecule has 4 nitrogen and oxygen atoms in total. The van der Waals surface area contributed by atoms with Crippen LogP contribution in [0.3, 0.4) is 0 Å². The Morgan fingerprint density at radius 1 is 1.43 bits per heavy atom. The van der Waals surface area contributed by atoms with Crippen LogP contribution in [0.15, 0.2) is 6.07 Å². The van der Waals surface area contributed by atoms with E-state index in [1.807, 2.05) is 26.8 Å². The molecule has 0 saturated carbocycles. The Hall–Kier alpha value is -1.00. The van der Waals surface area contributed by atoms with Gasteiger partial charge in [-0.05, 0) is 26.8 Å². The van der Waals surface area contributed by atoms with Crippen LogP contribution in [-0.4, -0.2) is 28.5 Å². The zero-order chi connectivity index (χ0) is 10.6. The van der Waals surface area contributed by atoms with Crippen molar-refractivity contribution < 1.29 is 9.84 Å². The van der Waals surface area contributed by atoms with E-state index >= 15 is 0 Å². The average molecular weight is 196 g/mol. The summed E-state index contributed by atoms with van der Waals surface area (Å²) in [5, 5.41) is 17.6. The molecule has 78 valence electrons. The van der Waals surface area contributed by atoms with Crippen molar-refractivity contribution in [2.75, 3.05) is 13.2 Å². The van der Waals surface area contributed by atoms with E-state index in [2.05, 4.69) is 10.2 Å². The van der Waals surface area contributed by atoms with Crippen LogP contribution in [0.25, 0.3) is 0 Å². The molecular weight excluding hydrogens is 180 g/mol. The maximum Gasteiger partial charge on any atom is 0.104 e. The second kappa shape index (κ2) is 5.02. The minimum absolute atomic E-state index is 0.308. The maximum absolute atomic E-state index is 9.76. The quantitative estimate of drug-likeness (QED) is 0.785. The first-order chi connectivity index (χ1) is 6.65. The van der Waals surface area contributed by atoms with Crippen LogP contribution in [-0.2, 0) is 4.74 Å². The van der Waals surface area contributed by atoms with Crippen molar-refractivity contribution in [2.24, 2.45) is 0 Å². The van der Waals surface area contributed by atoms with Crippen molar-refractivity contribution in [3.8, 4) is 0 Å². The van der Waals surface area contributed by atoms with Crippen molar-refractivity contribution in [1.29, 1.82) is 0 Å². The summed E-state index contributed by atoms with van der Waals surface area (Å²) in [7, 11) is 0. The molecule has 1 unspecified atom stereocenters. The van der Waals surface area contributed by atoms with Gasteiger partial charge in [0.05, 0.1) is 18.0 Å². The number of aromatic nitrogens is 2. The topological polar surface area (TPSA) is 55.2 Å². The van der Waals surface area contributed by atoms with Crippen LogP contribution in [0.1, 0.15) is 30.0 Å². The van der Waals surface area contributed by atoms with Crippen LogP contribution in [0.2, 0.25) is 0 Å². The number of aryl methyl sites for hydroxylation is 2. The van der Waals surface area contributed by atoms with Gasteiger partial charge in [0.15, 0.2) is 0 Å². The molecule has 0 spiro atoms. The Balaban J connectivity index is 2.77. The van der Waals surface area contributed by atoms with E-state index < -0.39 is 6.10 Å². The minimum atomic E-state index is -0.607. The molecule has 0 bridgehead atoms. The molecule has 0 aliphatic rings.